The molecule has 1 aliphatic heterocycles. The Bertz CT molecular complexity index is 979. The molecule has 162 valence electrons. The quantitative estimate of drug-likeness (QED) is 0.349. The number of amides is 1. The summed E-state index contributed by atoms with van der Waals surface area (Å²) in [5, 5.41) is 9.95. The van der Waals surface area contributed by atoms with Crippen LogP contribution in [0.1, 0.15) is 49.1 Å². The maximum absolute atomic E-state index is 12.2. The molecule has 1 amide bonds. The average Bonchev–Trinajstić information content (AvgIpc) is 3.46. The zero-order chi connectivity index (χ0) is 21.5. The van der Waals surface area contributed by atoms with Gasteiger partial charge in [0.25, 0.3) is 0 Å². The minimum absolute atomic E-state index is 0.315. The Labute approximate surface area is 188 Å². The van der Waals surface area contributed by atoms with Crippen molar-refractivity contribution in [2.24, 2.45) is 0 Å². The maximum atomic E-state index is 12.2. The Balaban J connectivity index is 1.40. The molecule has 1 saturated heterocycles. The molecule has 5 nitrogen and oxygen atoms in total. The number of rotatable bonds is 9. The summed E-state index contributed by atoms with van der Waals surface area (Å²) in [7, 11) is 0. The van der Waals surface area contributed by atoms with Gasteiger partial charge in [0.05, 0.1) is 0 Å². The minimum Gasteiger partial charge on any atom is -0.343 e. The highest BCUT2D eigenvalue weighted by atomic mass is 32.2. The van der Waals surface area contributed by atoms with Crippen LogP contribution in [0.15, 0.2) is 59.8 Å². The number of thioether (sulfide) groups is 1. The van der Waals surface area contributed by atoms with E-state index in [0.717, 1.165) is 67.6 Å². The SMILES string of the molecule is Cc1ccc(-n2c(Cc3ccccc3)nnc2SCCCCC(=O)N2CCCC2)cc1. The van der Waals surface area contributed by atoms with E-state index in [9.17, 15) is 4.79 Å². The number of carbonyl (C=O) groups excluding carboxylic acids is 1. The highest BCUT2D eigenvalue weighted by Gasteiger charge is 2.18. The Morgan fingerprint density at radius 3 is 2.45 bits per heavy atom. The Kier molecular flexibility index (Phi) is 7.41. The van der Waals surface area contributed by atoms with Crippen LogP contribution < -0.4 is 0 Å². The molecule has 4 rings (SSSR count). The number of unbranched alkanes of at least 4 members (excludes halogenated alkanes) is 1. The van der Waals surface area contributed by atoms with Crippen LogP contribution in [0.2, 0.25) is 0 Å². The molecule has 31 heavy (non-hydrogen) atoms. The molecule has 0 bridgehead atoms. The first kappa shape index (κ1) is 21.6. The number of benzene rings is 2. The fraction of sp³-hybridized carbons (Fsp3) is 0.400. The van der Waals surface area contributed by atoms with E-state index in [1.807, 2.05) is 11.0 Å². The molecule has 0 spiro atoms. The van der Waals surface area contributed by atoms with Gasteiger partial charge in [0.2, 0.25) is 5.91 Å². The van der Waals surface area contributed by atoms with E-state index in [4.69, 9.17) is 0 Å². The van der Waals surface area contributed by atoms with Gasteiger partial charge in [0.15, 0.2) is 5.16 Å². The van der Waals surface area contributed by atoms with Gasteiger partial charge in [-0.3, -0.25) is 9.36 Å². The first-order chi connectivity index (χ1) is 15.2. The molecular formula is C25H30N4OS. The third kappa shape index (κ3) is 5.76. The summed E-state index contributed by atoms with van der Waals surface area (Å²) in [5.74, 6) is 2.19. The first-order valence-corrected chi connectivity index (χ1v) is 12.1. The monoisotopic (exact) mass is 434 g/mol. The second-order valence-electron chi connectivity index (χ2n) is 8.13. The van der Waals surface area contributed by atoms with Crippen LogP contribution in [0.3, 0.4) is 0 Å². The lowest BCUT2D eigenvalue weighted by atomic mass is 10.1. The average molecular weight is 435 g/mol. The van der Waals surface area contributed by atoms with Gasteiger partial charge in [0, 0.05) is 37.4 Å². The van der Waals surface area contributed by atoms with Gasteiger partial charge in [-0.25, -0.2) is 0 Å². The van der Waals surface area contributed by atoms with Gasteiger partial charge in [-0.1, -0.05) is 59.8 Å². The summed E-state index contributed by atoms with van der Waals surface area (Å²) >= 11 is 1.73. The van der Waals surface area contributed by atoms with Gasteiger partial charge in [0.1, 0.15) is 5.82 Å². The molecule has 0 unspecified atom stereocenters. The second kappa shape index (κ2) is 10.6. The van der Waals surface area contributed by atoms with Gasteiger partial charge in [-0.2, -0.15) is 0 Å². The number of likely N-dealkylation sites (tertiary alicyclic amines) is 1. The van der Waals surface area contributed by atoms with E-state index < -0.39 is 0 Å². The van der Waals surface area contributed by atoms with Gasteiger partial charge in [-0.15, -0.1) is 10.2 Å². The standard InChI is InChI=1S/C25H30N4OS/c1-20-12-14-22(15-13-20)29-23(19-21-9-3-2-4-10-21)26-27-25(29)31-18-8-5-11-24(30)28-16-6-7-17-28/h2-4,9-10,12-15H,5-8,11,16-19H2,1H3. The predicted molar refractivity (Wildman–Crippen MR) is 126 cm³/mol. The number of aromatic nitrogens is 3. The lowest BCUT2D eigenvalue weighted by Gasteiger charge is -2.14. The van der Waals surface area contributed by atoms with Crippen LogP contribution in [-0.2, 0) is 11.2 Å². The van der Waals surface area contributed by atoms with Crippen molar-refractivity contribution >= 4 is 17.7 Å². The van der Waals surface area contributed by atoms with E-state index >= 15 is 0 Å². The zero-order valence-electron chi connectivity index (χ0n) is 18.2. The molecule has 0 N–H and O–H groups in total. The number of hydrogen-bond acceptors (Lipinski definition) is 4. The van der Waals surface area contributed by atoms with Crippen molar-refractivity contribution in [3.8, 4) is 5.69 Å². The van der Waals surface area contributed by atoms with Crippen LogP contribution in [0.25, 0.3) is 5.69 Å². The molecule has 0 radical (unpaired) electrons. The molecule has 3 aromatic rings. The summed E-state index contributed by atoms with van der Waals surface area (Å²) in [6.45, 7) is 3.98. The Hall–Kier alpha value is -2.60. The van der Waals surface area contributed by atoms with Crippen LogP contribution in [-0.4, -0.2) is 44.4 Å². The van der Waals surface area contributed by atoms with Gasteiger partial charge >= 0.3 is 0 Å². The molecule has 2 heterocycles. The largest absolute Gasteiger partial charge is 0.343 e. The number of carbonyl (C=O) groups is 1. The topological polar surface area (TPSA) is 51.0 Å². The third-order valence-electron chi connectivity index (χ3n) is 5.67. The summed E-state index contributed by atoms with van der Waals surface area (Å²) in [5.41, 5.74) is 3.55. The lowest BCUT2D eigenvalue weighted by molar-refractivity contribution is -0.130. The van der Waals surface area contributed by atoms with E-state index in [-0.39, 0.29) is 0 Å². The van der Waals surface area contributed by atoms with Crippen molar-refractivity contribution in [2.45, 2.75) is 50.6 Å². The maximum Gasteiger partial charge on any atom is 0.222 e. The summed E-state index contributed by atoms with van der Waals surface area (Å²) in [6.07, 6.45) is 5.64. The van der Waals surface area contributed by atoms with Crippen LogP contribution >= 0.6 is 11.8 Å². The molecule has 1 aliphatic rings. The Morgan fingerprint density at radius 1 is 0.968 bits per heavy atom. The summed E-state index contributed by atoms with van der Waals surface area (Å²) < 4.78 is 2.17. The molecule has 0 atom stereocenters. The molecule has 0 aliphatic carbocycles. The lowest BCUT2D eigenvalue weighted by Crippen LogP contribution is -2.27. The van der Waals surface area contributed by atoms with Crippen molar-refractivity contribution in [1.29, 1.82) is 0 Å². The predicted octanol–water partition coefficient (Wildman–Crippen LogP) is 5.05. The minimum atomic E-state index is 0.315. The summed E-state index contributed by atoms with van der Waals surface area (Å²) in [6, 6.07) is 18.9. The van der Waals surface area contributed by atoms with Crippen molar-refractivity contribution in [3.63, 3.8) is 0 Å². The molecule has 1 aromatic heterocycles. The molecular weight excluding hydrogens is 404 g/mol. The van der Waals surface area contributed by atoms with Crippen LogP contribution in [0.4, 0.5) is 0 Å². The van der Waals surface area contributed by atoms with Crippen molar-refractivity contribution in [2.75, 3.05) is 18.8 Å². The van der Waals surface area contributed by atoms with Gasteiger partial charge < -0.3 is 4.90 Å². The highest BCUT2D eigenvalue weighted by Crippen LogP contribution is 2.25. The Morgan fingerprint density at radius 2 is 1.71 bits per heavy atom. The molecule has 2 aromatic carbocycles. The smallest absolute Gasteiger partial charge is 0.222 e. The fourth-order valence-corrected chi connectivity index (χ4v) is 4.88. The van der Waals surface area contributed by atoms with E-state index in [1.54, 1.807) is 11.8 Å². The number of hydrogen-bond donors (Lipinski definition) is 0. The third-order valence-corrected chi connectivity index (χ3v) is 6.69. The molecule has 0 saturated carbocycles. The fourth-order valence-electron chi connectivity index (χ4n) is 3.91. The molecule has 6 heteroatoms. The number of nitrogens with zero attached hydrogens (tertiary/aromatic N) is 4. The van der Waals surface area contributed by atoms with Gasteiger partial charge in [-0.05, 0) is 50.3 Å². The summed E-state index contributed by atoms with van der Waals surface area (Å²) in [4.78, 5) is 14.2. The normalized spacial score (nSPS) is 13.6. The van der Waals surface area contributed by atoms with Crippen LogP contribution in [0.5, 0.6) is 0 Å². The van der Waals surface area contributed by atoms with E-state index in [0.29, 0.717) is 12.3 Å². The van der Waals surface area contributed by atoms with E-state index in [2.05, 4.69) is 70.2 Å². The van der Waals surface area contributed by atoms with Crippen LogP contribution in [0, 0.1) is 6.92 Å². The zero-order valence-corrected chi connectivity index (χ0v) is 19.0. The van der Waals surface area contributed by atoms with E-state index in [1.165, 1.54) is 11.1 Å². The van der Waals surface area contributed by atoms with Crippen molar-refractivity contribution in [3.05, 3.63) is 71.5 Å². The van der Waals surface area contributed by atoms with Crippen molar-refractivity contribution < 1.29 is 4.79 Å². The van der Waals surface area contributed by atoms with Crippen molar-refractivity contribution in [1.82, 2.24) is 19.7 Å². The second-order valence-corrected chi connectivity index (χ2v) is 9.19. The number of aryl methyl sites for hydroxylation is 1. The highest BCUT2D eigenvalue weighted by molar-refractivity contribution is 7.99. The molecule has 1 fully saturated rings. The first-order valence-electron chi connectivity index (χ1n) is 11.2.